The third-order valence-corrected chi connectivity index (χ3v) is 4.84. The van der Waals surface area contributed by atoms with Crippen LogP contribution in [0.25, 0.3) is 0 Å². The van der Waals surface area contributed by atoms with Crippen LogP contribution in [0.3, 0.4) is 0 Å². The molecule has 1 saturated heterocycles. The topological polar surface area (TPSA) is 129 Å². The first-order chi connectivity index (χ1) is 14.4. The summed E-state index contributed by atoms with van der Waals surface area (Å²) in [5, 5.41) is 24.2. The predicted octanol–water partition coefficient (Wildman–Crippen LogP) is 0.682. The van der Waals surface area contributed by atoms with Crippen LogP contribution in [-0.2, 0) is 25.5 Å². The van der Waals surface area contributed by atoms with Crippen LogP contribution in [0.5, 0.6) is 5.75 Å². The number of hydrogen-bond donors (Lipinski definition) is 3. The number of methoxy groups -OCH3 is 1. The number of nitrogens with zero attached hydrogens (tertiary/aromatic N) is 2. The zero-order valence-corrected chi connectivity index (χ0v) is 16.2. The maximum Gasteiger partial charge on any atom is 0.328 e. The summed E-state index contributed by atoms with van der Waals surface area (Å²) in [5.74, 6) is -1.63. The summed E-state index contributed by atoms with van der Waals surface area (Å²) < 4.78 is 4.82. The first-order valence-electron chi connectivity index (χ1n) is 9.19. The van der Waals surface area contributed by atoms with Gasteiger partial charge in [-0.25, -0.2) is 4.79 Å². The van der Waals surface area contributed by atoms with Crippen LogP contribution in [0.2, 0.25) is 0 Å². The lowest BCUT2D eigenvalue weighted by atomic mass is 9.98. The van der Waals surface area contributed by atoms with Gasteiger partial charge in [0, 0.05) is 12.0 Å². The molecule has 156 valence electrons. The highest BCUT2D eigenvalue weighted by molar-refractivity contribution is 6.45. The highest BCUT2D eigenvalue weighted by atomic mass is 16.5. The number of carbonyl (C=O) groups excluding carboxylic acids is 3. The van der Waals surface area contributed by atoms with Crippen LogP contribution in [0.1, 0.15) is 11.1 Å². The SMILES string of the molecule is COC(=O)C(Cc1ccc(O)cc1)N1CC(NC(=O)C(=NO)c2ccccc2)C1=O. The van der Waals surface area contributed by atoms with E-state index in [0.717, 1.165) is 5.56 Å². The van der Waals surface area contributed by atoms with Gasteiger partial charge in [-0.2, -0.15) is 0 Å². The molecule has 1 fully saturated rings. The Morgan fingerprint density at radius 3 is 2.43 bits per heavy atom. The summed E-state index contributed by atoms with van der Waals surface area (Å²) in [6.45, 7) is 0.107. The second kappa shape index (κ2) is 9.08. The van der Waals surface area contributed by atoms with Crippen molar-refractivity contribution in [3.63, 3.8) is 0 Å². The van der Waals surface area contributed by atoms with Gasteiger partial charge in [0.25, 0.3) is 5.91 Å². The Bertz CT molecular complexity index is 958. The minimum Gasteiger partial charge on any atom is -0.508 e. The Labute approximate surface area is 172 Å². The summed E-state index contributed by atoms with van der Waals surface area (Å²) in [5.41, 5.74) is 0.929. The number of benzene rings is 2. The molecule has 0 spiro atoms. The molecule has 2 amide bonds. The van der Waals surface area contributed by atoms with E-state index in [1.54, 1.807) is 42.5 Å². The standard InChI is InChI=1S/C21H21N3O6/c1-30-21(28)17(11-13-7-9-15(25)10-8-13)24-12-16(20(24)27)22-19(26)18(23-29)14-5-3-2-4-6-14/h2-10,16-17,25,29H,11-12H2,1H3,(H,22,26). The van der Waals surface area contributed by atoms with Crippen LogP contribution >= 0.6 is 0 Å². The van der Waals surface area contributed by atoms with E-state index >= 15 is 0 Å². The number of hydrogen-bond acceptors (Lipinski definition) is 7. The lowest BCUT2D eigenvalue weighted by molar-refractivity contribution is -0.161. The van der Waals surface area contributed by atoms with Gasteiger partial charge in [0.05, 0.1) is 13.7 Å². The molecule has 1 heterocycles. The Morgan fingerprint density at radius 2 is 1.87 bits per heavy atom. The Hall–Kier alpha value is -3.88. The van der Waals surface area contributed by atoms with Crippen molar-refractivity contribution in [3.05, 3.63) is 65.7 Å². The molecule has 0 radical (unpaired) electrons. The highest BCUT2D eigenvalue weighted by Crippen LogP contribution is 2.21. The molecule has 9 heteroatoms. The van der Waals surface area contributed by atoms with E-state index in [9.17, 15) is 24.7 Å². The lowest BCUT2D eigenvalue weighted by Crippen LogP contribution is -2.68. The van der Waals surface area contributed by atoms with E-state index in [0.29, 0.717) is 5.56 Å². The highest BCUT2D eigenvalue weighted by Gasteiger charge is 2.45. The van der Waals surface area contributed by atoms with Crippen LogP contribution < -0.4 is 5.32 Å². The molecule has 2 unspecified atom stereocenters. The molecule has 1 aliphatic heterocycles. The predicted molar refractivity (Wildman–Crippen MR) is 106 cm³/mol. The van der Waals surface area contributed by atoms with Crippen molar-refractivity contribution in [2.24, 2.45) is 5.16 Å². The number of carbonyl (C=O) groups is 3. The maximum atomic E-state index is 12.6. The number of nitrogens with one attached hydrogen (secondary N) is 1. The number of oxime groups is 1. The van der Waals surface area contributed by atoms with E-state index in [1.807, 2.05) is 0 Å². The number of esters is 1. The molecule has 0 aliphatic carbocycles. The van der Waals surface area contributed by atoms with Crippen molar-refractivity contribution in [2.75, 3.05) is 13.7 Å². The number of rotatable bonds is 7. The van der Waals surface area contributed by atoms with Crippen molar-refractivity contribution in [1.82, 2.24) is 10.2 Å². The number of likely N-dealkylation sites (tertiary alicyclic amines) is 1. The molecule has 2 aromatic carbocycles. The summed E-state index contributed by atoms with van der Waals surface area (Å²) in [4.78, 5) is 38.6. The minimum atomic E-state index is -0.861. The van der Waals surface area contributed by atoms with Crippen LogP contribution in [0.4, 0.5) is 0 Å². The molecule has 2 atom stereocenters. The molecule has 1 aliphatic rings. The maximum absolute atomic E-state index is 12.6. The number of phenols is 1. The van der Waals surface area contributed by atoms with Gasteiger partial charge < -0.3 is 25.3 Å². The van der Waals surface area contributed by atoms with E-state index in [2.05, 4.69) is 10.5 Å². The molecular weight excluding hydrogens is 390 g/mol. The van der Waals surface area contributed by atoms with Crippen LogP contribution in [-0.4, -0.2) is 64.4 Å². The number of aromatic hydroxyl groups is 1. The largest absolute Gasteiger partial charge is 0.508 e. The molecule has 3 N–H and O–H groups in total. The number of phenolic OH excluding ortho intramolecular Hbond substituents is 1. The molecule has 9 nitrogen and oxygen atoms in total. The van der Waals surface area contributed by atoms with E-state index < -0.39 is 29.9 Å². The second-order valence-electron chi connectivity index (χ2n) is 6.74. The summed E-state index contributed by atoms with van der Waals surface area (Å²) in [6.07, 6.45) is 0.201. The monoisotopic (exact) mass is 411 g/mol. The number of amides is 2. The first-order valence-corrected chi connectivity index (χ1v) is 9.19. The van der Waals surface area contributed by atoms with Crippen LogP contribution in [0, 0.1) is 0 Å². The summed E-state index contributed by atoms with van der Waals surface area (Å²) >= 11 is 0. The van der Waals surface area contributed by atoms with Gasteiger partial charge in [-0.05, 0) is 17.7 Å². The molecule has 2 aromatic rings. The fourth-order valence-corrected chi connectivity index (χ4v) is 3.21. The quantitative estimate of drug-likeness (QED) is 0.202. The molecule has 0 saturated carbocycles. The van der Waals surface area contributed by atoms with Gasteiger partial charge >= 0.3 is 5.97 Å². The van der Waals surface area contributed by atoms with Crippen molar-refractivity contribution in [3.8, 4) is 5.75 Å². The zero-order valence-electron chi connectivity index (χ0n) is 16.2. The van der Waals surface area contributed by atoms with Crippen molar-refractivity contribution in [1.29, 1.82) is 0 Å². The Morgan fingerprint density at radius 1 is 1.20 bits per heavy atom. The fraction of sp³-hybridized carbons (Fsp3) is 0.238. The van der Waals surface area contributed by atoms with Crippen molar-refractivity contribution >= 4 is 23.5 Å². The number of β-lactam (4-membered cyclic amide) rings is 1. The van der Waals surface area contributed by atoms with Crippen molar-refractivity contribution < 1.29 is 29.4 Å². The lowest BCUT2D eigenvalue weighted by Gasteiger charge is -2.42. The normalized spacial score (nSPS) is 17.1. The average Bonchev–Trinajstić information content (AvgIpc) is 2.77. The summed E-state index contributed by atoms with van der Waals surface area (Å²) in [6, 6.07) is 12.9. The zero-order chi connectivity index (χ0) is 21.7. The van der Waals surface area contributed by atoms with Gasteiger partial charge in [0.1, 0.15) is 17.8 Å². The minimum absolute atomic E-state index is 0.0935. The molecule has 3 rings (SSSR count). The van der Waals surface area contributed by atoms with Gasteiger partial charge in [-0.15, -0.1) is 0 Å². The number of ether oxygens (including phenoxy) is 1. The fourth-order valence-electron chi connectivity index (χ4n) is 3.21. The Kier molecular flexibility index (Phi) is 6.31. The molecule has 30 heavy (non-hydrogen) atoms. The second-order valence-corrected chi connectivity index (χ2v) is 6.74. The molecule has 0 bridgehead atoms. The third kappa shape index (κ3) is 4.40. The van der Waals surface area contributed by atoms with Gasteiger partial charge in [0.15, 0.2) is 5.71 Å². The van der Waals surface area contributed by atoms with Gasteiger partial charge in [-0.3, -0.25) is 9.59 Å². The third-order valence-electron chi connectivity index (χ3n) is 4.84. The Balaban J connectivity index is 1.66. The van der Waals surface area contributed by atoms with Crippen molar-refractivity contribution in [2.45, 2.75) is 18.5 Å². The summed E-state index contributed by atoms with van der Waals surface area (Å²) in [7, 11) is 1.24. The molecular formula is C21H21N3O6. The van der Waals surface area contributed by atoms with Crippen LogP contribution in [0.15, 0.2) is 59.8 Å². The van der Waals surface area contributed by atoms with E-state index in [1.165, 1.54) is 24.1 Å². The smallest absolute Gasteiger partial charge is 0.328 e. The first kappa shape index (κ1) is 20.8. The van der Waals surface area contributed by atoms with Gasteiger partial charge in [0.2, 0.25) is 5.91 Å². The molecule has 0 aromatic heterocycles. The van der Waals surface area contributed by atoms with E-state index in [-0.39, 0.29) is 24.4 Å². The van der Waals surface area contributed by atoms with E-state index in [4.69, 9.17) is 4.74 Å². The van der Waals surface area contributed by atoms with Gasteiger partial charge in [-0.1, -0.05) is 47.6 Å². The average molecular weight is 411 g/mol.